The smallest absolute Gasteiger partial charge is 0.240 e. The molecule has 0 unspecified atom stereocenters. The van der Waals surface area contributed by atoms with Gasteiger partial charge in [-0.15, -0.1) is 0 Å². The number of rotatable bonds is 4. The third-order valence-corrected chi connectivity index (χ3v) is 4.98. The van der Waals surface area contributed by atoms with Gasteiger partial charge in [0.1, 0.15) is 5.75 Å². The summed E-state index contributed by atoms with van der Waals surface area (Å²) in [5.74, 6) is 1.08. The number of sulfonamides is 1. The Balaban J connectivity index is 1.72. The highest BCUT2D eigenvalue weighted by Gasteiger charge is 2.22. The summed E-state index contributed by atoms with van der Waals surface area (Å²) in [6.07, 6.45) is 1.69. The van der Waals surface area contributed by atoms with Gasteiger partial charge in [-0.05, 0) is 36.1 Å². The zero-order valence-corrected chi connectivity index (χ0v) is 11.4. The second-order valence-electron chi connectivity index (χ2n) is 4.95. The Morgan fingerprint density at radius 1 is 1.32 bits per heavy atom. The fourth-order valence-electron chi connectivity index (χ4n) is 2.39. The molecule has 2 aliphatic rings. The predicted octanol–water partition coefficient (Wildman–Crippen LogP) is 0.936. The molecule has 0 aromatic heterocycles. The van der Waals surface area contributed by atoms with E-state index in [1.807, 2.05) is 0 Å². The Morgan fingerprint density at radius 2 is 2.21 bits per heavy atom. The molecule has 0 bridgehead atoms. The normalized spacial score (nSPS) is 22.2. The molecule has 0 amide bonds. The third-order valence-electron chi connectivity index (χ3n) is 3.56. The lowest BCUT2D eigenvalue weighted by atomic mass is 10.1. The molecule has 104 valence electrons. The van der Waals surface area contributed by atoms with Crippen LogP contribution in [0.15, 0.2) is 23.1 Å². The largest absolute Gasteiger partial charge is 0.493 e. The van der Waals surface area contributed by atoms with E-state index in [9.17, 15) is 8.42 Å². The summed E-state index contributed by atoms with van der Waals surface area (Å²) < 4.78 is 37.7. The van der Waals surface area contributed by atoms with Gasteiger partial charge in [-0.1, -0.05) is 0 Å². The van der Waals surface area contributed by atoms with Gasteiger partial charge < -0.3 is 9.47 Å². The van der Waals surface area contributed by atoms with Crippen molar-refractivity contribution < 1.29 is 17.9 Å². The SMILES string of the molecule is O=S(=O)(NC[C@@H]1CCOC1)c1ccc2c(c1)CCO2. The second kappa shape index (κ2) is 5.11. The highest BCUT2D eigenvalue weighted by molar-refractivity contribution is 7.89. The first-order valence-electron chi connectivity index (χ1n) is 6.48. The van der Waals surface area contributed by atoms with Crippen molar-refractivity contribution >= 4 is 10.0 Å². The lowest BCUT2D eigenvalue weighted by molar-refractivity contribution is 0.186. The van der Waals surface area contributed by atoms with Gasteiger partial charge in [0, 0.05) is 19.6 Å². The van der Waals surface area contributed by atoms with Gasteiger partial charge in [-0.3, -0.25) is 0 Å². The van der Waals surface area contributed by atoms with E-state index in [2.05, 4.69) is 4.72 Å². The van der Waals surface area contributed by atoms with Gasteiger partial charge in [-0.25, -0.2) is 13.1 Å². The number of fused-ring (bicyclic) bond motifs is 1. The van der Waals surface area contributed by atoms with Crippen molar-refractivity contribution in [2.75, 3.05) is 26.4 Å². The van der Waals surface area contributed by atoms with Crippen molar-refractivity contribution in [2.45, 2.75) is 17.7 Å². The molecular formula is C13H17NO4S. The lowest BCUT2D eigenvalue weighted by Crippen LogP contribution is -2.29. The number of nitrogens with one attached hydrogen (secondary N) is 1. The maximum atomic E-state index is 12.2. The third kappa shape index (κ3) is 2.75. The molecule has 19 heavy (non-hydrogen) atoms. The van der Waals surface area contributed by atoms with E-state index in [0.717, 1.165) is 30.8 Å². The maximum absolute atomic E-state index is 12.2. The Hall–Kier alpha value is -1.11. The van der Waals surface area contributed by atoms with Crippen molar-refractivity contribution in [3.8, 4) is 5.75 Å². The van der Waals surface area contributed by atoms with Crippen molar-refractivity contribution in [3.63, 3.8) is 0 Å². The first kappa shape index (κ1) is 12.9. The van der Waals surface area contributed by atoms with E-state index in [0.29, 0.717) is 24.7 Å². The molecule has 1 saturated heterocycles. The fourth-order valence-corrected chi connectivity index (χ4v) is 3.55. The van der Waals surface area contributed by atoms with Gasteiger partial charge in [0.05, 0.1) is 18.1 Å². The van der Waals surface area contributed by atoms with Crippen LogP contribution in [0.25, 0.3) is 0 Å². The van der Waals surface area contributed by atoms with Crippen LogP contribution in [0, 0.1) is 5.92 Å². The predicted molar refractivity (Wildman–Crippen MR) is 69.8 cm³/mol. The summed E-state index contributed by atoms with van der Waals surface area (Å²) in [6, 6.07) is 5.03. The van der Waals surface area contributed by atoms with E-state index in [-0.39, 0.29) is 5.92 Å². The quantitative estimate of drug-likeness (QED) is 0.893. The summed E-state index contributed by atoms with van der Waals surface area (Å²) in [7, 11) is -3.43. The molecule has 0 spiro atoms. The summed E-state index contributed by atoms with van der Waals surface area (Å²) in [6.45, 7) is 2.44. The van der Waals surface area contributed by atoms with E-state index < -0.39 is 10.0 Å². The van der Waals surface area contributed by atoms with Crippen LogP contribution in [-0.2, 0) is 21.2 Å². The van der Waals surface area contributed by atoms with Crippen LogP contribution in [0.2, 0.25) is 0 Å². The molecule has 1 aromatic carbocycles. The zero-order valence-electron chi connectivity index (χ0n) is 10.6. The van der Waals surface area contributed by atoms with E-state index in [1.165, 1.54) is 0 Å². The van der Waals surface area contributed by atoms with Crippen molar-refractivity contribution in [1.29, 1.82) is 0 Å². The summed E-state index contributed by atoms with van der Waals surface area (Å²) in [5.41, 5.74) is 0.965. The van der Waals surface area contributed by atoms with Gasteiger partial charge in [0.25, 0.3) is 0 Å². The van der Waals surface area contributed by atoms with Gasteiger partial charge in [-0.2, -0.15) is 0 Å². The van der Waals surface area contributed by atoms with Crippen LogP contribution >= 0.6 is 0 Å². The van der Waals surface area contributed by atoms with Crippen molar-refractivity contribution in [2.24, 2.45) is 5.92 Å². The minimum Gasteiger partial charge on any atom is -0.493 e. The molecule has 1 fully saturated rings. The molecule has 1 N–H and O–H groups in total. The number of hydrogen-bond acceptors (Lipinski definition) is 4. The van der Waals surface area contributed by atoms with Crippen LogP contribution in [0.4, 0.5) is 0 Å². The average Bonchev–Trinajstić information content (AvgIpc) is 3.06. The second-order valence-corrected chi connectivity index (χ2v) is 6.72. The molecule has 1 aromatic rings. The summed E-state index contributed by atoms with van der Waals surface area (Å²) >= 11 is 0. The van der Waals surface area contributed by atoms with Crippen LogP contribution < -0.4 is 9.46 Å². The Morgan fingerprint density at radius 3 is 3.00 bits per heavy atom. The van der Waals surface area contributed by atoms with Crippen molar-refractivity contribution in [1.82, 2.24) is 4.72 Å². The minimum absolute atomic E-state index is 0.285. The molecule has 5 nitrogen and oxygen atoms in total. The van der Waals surface area contributed by atoms with Crippen LogP contribution in [-0.4, -0.2) is 34.8 Å². The van der Waals surface area contributed by atoms with Gasteiger partial charge in [0.2, 0.25) is 10.0 Å². The maximum Gasteiger partial charge on any atom is 0.240 e. The standard InChI is InChI=1S/C13H17NO4S/c15-19(16,14-8-10-3-5-17-9-10)12-1-2-13-11(7-12)4-6-18-13/h1-2,7,10,14H,3-6,8-9H2/t10-/m0/s1. The first-order valence-corrected chi connectivity index (χ1v) is 7.96. The molecule has 2 aliphatic heterocycles. The summed E-state index contributed by atoms with van der Waals surface area (Å²) in [5, 5.41) is 0. The number of hydrogen-bond donors (Lipinski definition) is 1. The van der Waals surface area contributed by atoms with Crippen LogP contribution in [0.3, 0.4) is 0 Å². The Bertz CT molecular complexity index is 564. The minimum atomic E-state index is -3.43. The average molecular weight is 283 g/mol. The van der Waals surface area contributed by atoms with Gasteiger partial charge >= 0.3 is 0 Å². The van der Waals surface area contributed by atoms with E-state index in [1.54, 1.807) is 18.2 Å². The fraction of sp³-hybridized carbons (Fsp3) is 0.538. The topological polar surface area (TPSA) is 64.6 Å². The highest BCUT2D eigenvalue weighted by Crippen LogP contribution is 2.27. The molecule has 0 radical (unpaired) electrons. The number of ether oxygens (including phenoxy) is 2. The van der Waals surface area contributed by atoms with Crippen LogP contribution in [0.1, 0.15) is 12.0 Å². The molecular weight excluding hydrogens is 266 g/mol. The van der Waals surface area contributed by atoms with E-state index >= 15 is 0 Å². The number of benzene rings is 1. The van der Waals surface area contributed by atoms with Gasteiger partial charge in [0.15, 0.2) is 0 Å². The first-order chi connectivity index (χ1) is 9.15. The molecule has 0 saturated carbocycles. The Kier molecular flexibility index (Phi) is 3.47. The van der Waals surface area contributed by atoms with Crippen LogP contribution in [0.5, 0.6) is 5.75 Å². The molecule has 0 aliphatic carbocycles. The summed E-state index contributed by atoms with van der Waals surface area (Å²) in [4.78, 5) is 0.315. The molecule has 2 heterocycles. The van der Waals surface area contributed by atoms with E-state index in [4.69, 9.17) is 9.47 Å². The zero-order chi connectivity index (χ0) is 13.3. The molecule has 3 rings (SSSR count). The lowest BCUT2D eigenvalue weighted by Gasteiger charge is -2.11. The molecule has 6 heteroatoms. The monoisotopic (exact) mass is 283 g/mol. The Labute approximate surface area is 113 Å². The highest BCUT2D eigenvalue weighted by atomic mass is 32.2. The molecule has 1 atom stereocenters. The van der Waals surface area contributed by atoms with Crippen molar-refractivity contribution in [3.05, 3.63) is 23.8 Å².